The molecule has 1 aromatic carbocycles. The van der Waals surface area contributed by atoms with Gasteiger partial charge in [-0.15, -0.1) is 0 Å². The van der Waals surface area contributed by atoms with Gasteiger partial charge in [-0.05, 0) is 32.4 Å². The maximum atomic E-state index is 11.3. The van der Waals surface area contributed by atoms with Gasteiger partial charge in [0.05, 0.1) is 11.4 Å². The molecule has 0 heterocycles. The number of rotatable bonds is 5. The first-order valence-corrected chi connectivity index (χ1v) is 7.02. The predicted octanol–water partition coefficient (Wildman–Crippen LogP) is 0.489. The summed E-state index contributed by atoms with van der Waals surface area (Å²) in [5.74, 6) is 0. The lowest BCUT2D eigenvalue weighted by atomic mass is 10.0. The highest BCUT2D eigenvalue weighted by Gasteiger charge is 2.20. The van der Waals surface area contributed by atoms with Crippen LogP contribution < -0.4 is 16.2 Å². The summed E-state index contributed by atoms with van der Waals surface area (Å²) in [5, 5.41) is 17.1. The van der Waals surface area contributed by atoms with Crippen molar-refractivity contribution >= 4 is 21.4 Å². The first-order valence-electron chi connectivity index (χ1n) is 5.48. The Morgan fingerprint density at radius 3 is 2.50 bits per heavy atom. The zero-order valence-corrected chi connectivity index (χ0v) is 11.3. The predicted molar refractivity (Wildman–Crippen MR) is 71.6 cm³/mol. The summed E-state index contributed by atoms with van der Waals surface area (Å²) in [6, 6.07) is 4.59. The molecule has 0 aliphatic heterocycles. The second-order valence-corrected chi connectivity index (χ2v) is 6.27. The molecule has 0 spiro atoms. The van der Waals surface area contributed by atoms with E-state index >= 15 is 0 Å². The normalized spacial score (nSPS) is 12.4. The number of hydrogen-bond donors (Lipinski definition) is 4. The van der Waals surface area contributed by atoms with Crippen LogP contribution in [0.3, 0.4) is 0 Å². The lowest BCUT2D eigenvalue weighted by Gasteiger charge is -2.27. The molecule has 0 saturated heterocycles. The molecule has 102 valence electrons. The van der Waals surface area contributed by atoms with Gasteiger partial charge in [0.2, 0.25) is 10.0 Å². The monoisotopic (exact) mass is 273 g/mol. The van der Waals surface area contributed by atoms with Gasteiger partial charge in [-0.25, -0.2) is 13.6 Å². The number of hydrogen-bond acceptors (Lipinski definition) is 5. The number of primary sulfonamides is 1. The van der Waals surface area contributed by atoms with E-state index < -0.39 is 15.6 Å². The Labute approximate surface area is 107 Å². The zero-order valence-electron chi connectivity index (χ0n) is 10.5. The summed E-state index contributed by atoms with van der Waals surface area (Å²) >= 11 is 0. The Morgan fingerprint density at radius 2 is 2.00 bits per heavy atom. The van der Waals surface area contributed by atoms with E-state index in [9.17, 15) is 8.42 Å². The third-order valence-corrected chi connectivity index (χ3v) is 3.55. The van der Waals surface area contributed by atoms with Gasteiger partial charge in [0.15, 0.2) is 0 Å². The first-order chi connectivity index (χ1) is 8.17. The van der Waals surface area contributed by atoms with Crippen molar-refractivity contribution in [1.29, 1.82) is 0 Å². The Hall–Kier alpha value is -1.31. The lowest BCUT2D eigenvalue weighted by molar-refractivity contribution is 0.261. The average Bonchev–Trinajstić information content (AvgIpc) is 2.18. The van der Waals surface area contributed by atoms with Crippen LogP contribution in [-0.2, 0) is 10.0 Å². The highest BCUT2D eigenvalue weighted by molar-refractivity contribution is 7.89. The summed E-state index contributed by atoms with van der Waals surface area (Å²) in [6.45, 7) is 3.79. The van der Waals surface area contributed by atoms with Crippen LogP contribution in [0.15, 0.2) is 23.1 Å². The van der Waals surface area contributed by atoms with E-state index in [4.69, 9.17) is 16.0 Å². The van der Waals surface area contributed by atoms with Crippen molar-refractivity contribution < 1.29 is 13.5 Å². The molecule has 0 radical (unpaired) electrons. The van der Waals surface area contributed by atoms with E-state index in [0.29, 0.717) is 12.1 Å². The molecule has 7 heteroatoms. The number of anilines is 2. The second-order valence-electron chi connectivity index (χ2n) is 4.74. The lowest BCUT2D eigenvalue weighted by Crippen LogP contribution is -2.32. The quantitative estimate of drug-likeness (QED) is 0.582. The van der Waals surface area contributed by atoms with Crippen LogP contribution in [0.2, 0.25) is 0 Å². The summed E-state index contributed by atoms with van der Waals surface area (Å²) in [7, 11) is -3.84. The van der Waals surface area contributed by atoms with Crippen LogP contribution >= 0.6 is 0 Å². The summed E-state index contributed by atoms with van der Waals surface area (Å²) in [5.41, 5.74) is 5.96. The molecule has 0 aromatic heterocycles. The highest BCUT2D eigenvalue weighted by Crippen LogP contribution is 2.28. The van der Waals surface area contributed by atoms with E-state index in [1.54, 1.807) is 12.1 Å². The Balaban J connectivity index is 3.13. The number of nitrogens with two attached hydrogens (primary N) is 2. The maximum Gasteiger partial charge on any atom is 0.240 e. The van der Waals surface area contributed by atoms with Crippen molar-refractivity contribution in [3.05, 3.63) is 18.2 Å². The van der Waals surface area contributed by atoms with E-state index in [0.717, 1.165) is 0 Å². The SMILES string of the molecule is CC(C)(CCO)Nc1cccc(S(N)(=O)=O)c1N. The minimum absolute atomic E-state index is 0.0226. The third-order valence-electron chi connectivity index (χ3n) is 2.58. The summed E-state index contributed by atoms with van der Waals surface area (Å²) in [6.07, 6.45) is 0.506. The largest absolute Gasteiger partial charge is 0.396 e. The number of nitrogens with one attached hydrogen (secondary N) is 1. The highest BCUT2D eigenvalue weighted by atomic mass is 32.2. The van der Waals surface area contributed by atoms with Crippen molar-refractivity contribution in [2.24, 2.45) is 5.14 Å². The van der Waals surface area contributed by atoms with Gasteiger partial charge in [0, 0.05) is 12.1 Å². The molecule has 0 aliphatic rings. The molecule has 0 aliphatic carbocycles. The van der Waals surface area contributed by atoms with E-state index in [1.807, 2.05) is 13.8 Å². The number of para-hydroxylation sites is 1. The molecule has 1 aromatic rings. The fourth-order valence-corrected chi connectivity index (χ4v) is 2.29. The fraction of sp³-hybridized carbons (Fsp3) is 0.455. The number of sulfonamides is 1. The molecule has 6 N–H and O–H groups in total. The van der Waals surface area contributed by atoms with Gasteiger partial charge in [0.25, 0.3) is 0 Å². The Morgan fingerprint density at radius 1 is 1.39 bits per heavy atom. The minimum Gasteiger partial charge on any atom is -0.396 e. The molecule has 0 amide bonds. The van der Waals surface area contributed by atoms with Crippen molar-refractivity contribution in [2.45, 2.75) is 30.7 Å². The van der Waals surface area contributed by atoms with Crippen molar-refractivity contribution in [3.63, 3.8) is 0 Å². The van der Waals surface area contributed by atoms with Gasteiger partial charge in [-0.3, -0.25) is 0 Å². The summed E-state index contributed by atoms with van der Waals surface area (Å²) < 4.78 is 22.7. The van der Waals surface area contributed by atoms with Gasteiger partial charge in [-0.1, -0.05) is 6.07 Å². The van der Waals surface area contributed by atoms with Gasteiger partial charge in [-0.2, -0.15) is 0 Å². The Kier molecular flexibility index (Phi) is 4.20. The van der Waals surface area contributed by atoms with E-state index in [-0.39, 0.29) is 17.2 Å². The number of aliphatic hydroxyl groups excluding tert-OH is 1. The second kappa shape index (κ2) is 5.13. The van der Waals surface area contributed by atoms with Crippen LogP contribution in [-0.4, -0.2) is 25.7 Å². The molecule has 1 rings (SSSR count). The molecule has 0 bridgehead atoms. The average molecular weight is 273 g/mol. The number of benzene rings is 1. The molecule has 0 saturated carbocycles. The zero-order chi connectivity index (χ0) is 14.0. The molecular formula is C11H19N3O3S. The van der Waals surface area contributed by atoms with Gasteiger partial charge in [0.1, 0.15) is 4.90 Å². The van der Waals surface area contributed by atoms with Crippen LogP contribution in [0.4, 0.5) is 11.4 Å². The molecular weight excluding hydrogens is 254 g/mol. The molecule has 0 atom stereocenters. The standard InChI is InChI=1S/C11H19N3O3S/c1-11(2,6-7-15)14-8-4-3-5-9(10(8)12)18(13,16)17/h3-5,14-15H,6-7,12H2,1-2H3,(H2,13,16,17). The van der Waals surface area contributed by atoms with Crippen LogP contribution in [0.1, 0.15) is 20.3 Å². The van der Waals surface area contributed by atoms with E-state index in [2.05, 4.69) is 5.32 Å². The van der Waals surface area contributed by atoms with Gasteiger partial charge >= 0.3 is 0 Å². The number of nitrogen functional groups attached to an aromatic ring is 1. The maximum absolute atomic E-state index is 11.3. The molecule has 18 heavy (non-hydrogen) atoms. The Bertz CT molecular complexity index is 526. The van der Waals surface area contributed by atoms with Crippen LogP contribution in [0.25, 0.3) is 0 Å². The third kappa shape index (κ3) is 3.59. The van der Waals surface area contributed by atoms with Crippen molar-refractivity contribution in [3.8, 4) is 0 Å². The number of aliphatic hydroxyl groups is 1. The molecule has 0 fully saturated rings. The topological polar surface area (TPSA) is 118 Å². The molecule has 0 unspecified atom stereocenters. The smallest absolute Gasteiger partial charge is 0.240 e. The van der Waals surface area contributed by atoms with Crippen LogP contribution in [0.5, 0.6) is 0 Å². The fourth-order valence-electron chi connectivity index (χ4n) is 1.61. The first kappa shape index (κ1) is 14.7. The minimum atomic E-state index is -3.84. The van der Waals surface area contributed by atoms with Gasteiger partial charge < -0.3 is 16.2 Å². The van der Waals surface area contributed by atoms with E-state index in [1.165, 1.54) is 6.07 Å². The van der Waals surface area contributed by atoms with Crippen LogP contribution in [0, 0.1) is 0 Å². The van der Waals surface area contributed by atoms with Crippen molar-refractivity contribution in [1.82, 2.24) is 0 Å². The summed E-state index contributed by atoms with van der Waals surface area (Å²) in [4.78, 5) is -0.104. The van der Waals surface area contributed by atoms with Crippen molar-refractivity contribution in [2.75, 3.05) is 17.7 Å². The molecule has 6 nitrogen and oxygen atoms in total.